The van der Waals surface area contributed by atoms with Gasteiger partial charge in [0, 0.05) is 78.9 Å². The topological polar surface area (TPSA) is 282 Å². The Hall–Kier alpha value is -4.69. The van der Waals surface area contributed by atoms with E-state index in [9.17, 15) is 55.3 Å². The molecule has 2 fully saturated rings. The lowest BCUT2D eigenvalue weighted by Gasteiger charge is -2.22. The third-order valence-corrected chi connectivity index (χ3v) is 28.4. The predicted octanol–water partition coefficient (Wildman–Crippen LogP) is 6.82. The van der Waals surface area contributed by atoms with Gasteiger partial charge in [0.1, 0.15) is 12.6 Å². The van der Waals surface area contributed by atoms with Crippen molar-refractivity contribution in [2.75, 3.05) is 83.5 Å². The molecule has 19 nitrogen and oxygen atoms in total. The minimum absolute atomic E-state index is 0.0249. The second kappa shape index (κ2) is 29.4. The van der Waals surface area contributed by atoms with Crippen molar-refractivity contribution in [1.82, 2.24) is 25.3 Å². The number of aryl methyl sites for hydroxylation is 2. The Balaban J connectivity index is 0.000000203. The van der Waals surface area contributed by atoms with E-state index in [1.807, 2.05) is 31.7 Å². The largest absolute Gasteiger partial charge is 0.338 e. The first-order valence-electron chi connectivity index (χ1n) is 26.3. The number of nitrogens with two attached hydrogens (primary N) is 1. The number of amides is 2. The average molecular weight is 1300 g/mol. The van der Waals surface area contributed by atoms with Gasteiger partial charge in [-0.3, -0.25) is 0 Å². The maximum Gasteiger partial charge on any atom is 0.317 e. The number of nitrogens with one attached hydrogen (secondary N) is 2. The van der Waals surface area contributed by atoms with E-state index in [2.05, 4.69) is 22.1 Å². The number of urea groups is 1. The summed E-state index contributed by atoms with van der Waals surface area (Å²) in [5.74, 6) is -0.0467. The third-order valence-electron chi connectivity index (χ3n) is 13.3. The fourth-order valence-corrected chi connectivity index (χ4v) is 19.7. The molecule has 2 amide bonds. The molecule has 0 radical (unpaired) electrons. The van der Waals surface area contributed by atoms with Gasteiger partial charge in [0.2, 0.25) is 29.5 Å². The van der Waals surface area contributed by atoms with E-state index in [4.69, 9.17) is 5.73 Å². The zero-order valence-electron chi connectivity index (χ0n) is 45.8. The van der Waals surface area contributed by atoms with Gasteiger partial charge in [0.25, 0.3) is 0 Å². The molecule has 6 aromatic rings. The van der Waals surface area contributed by atoms with Crippen LogP contribution in [0.2, 0.25) is 0 Å². The van der Waals surface area contributed by atoms with Gasteiger partial charge in [-0.15, -0.1) is 34.0 Å². The Kier molecular flexibility index (Phi) is 23.8. The number of hydrogen-bond acceptors (Lipinski definition) is 20. The van der Waals surface area contributed by atoms with Crippen LogP contribution in [-0.2, 0) is 78.4 Å². The highest BCUT2D eigenvalue weighted by molar-refractivity contribution is 7.95. The maximum absolute atomic E-state index is 12.8. The van der Waals surface area contributed by atoms with E-state index in [0.717, 1.165) is 83.2 Å². The van der Waals surface area contributed by atoms with Gasteiger partial charge in [0.15, 0.2) is 29.5 Å². The van der Waals surface area contributed by atoms with Crippen molar-refractivity contribution in [3.05, 3.63) is 136 Å². The number of nitrogens with zero attached hydrogens (tertiary/aromatic N) is 3. The Morgan fingerprint density at radius 2 is 0.915 bits per heavy atom. The summed E-state index contributed by atoms with van der Waals surface area (Å²) in [6, 6.07) is 26.0. The summed E-state index contributed by atoms with van der Waals surface area (Å²) < 4.78 is 151. The van der Waals surface area contributed by atoms with Gasteiger partial charge in [0.05, 0.1) is 40.9 Å². The molecule has 0 unspecified atom stereocenters. The molecule has 82 heavy (non-hydrogen) atoms. The summed E-state index contributed by atoms with van der Waals surface area (Å²) in [4.78, 5) is 21.2. The van der Waals surface area contributed by atoms with Crippen molar-refractivity contribution in [2.45, 2.75) is 95.0 Å². The molecule has 0 aliphatic carbocycles. The Bertz CT molecular complexity index is 3800. The van der Waals surface area contributed by atoms with Crippen molar-refractivity contribution in [1.29, 1.82) is 0 Å². The number of hydrogen-bond donors (Lipinski definition) is 3. The highest BCUT2D eigenvalue weighted by atomic mass is 32.2. The number of rotatable bonds is 20. The minimum Gasteiger partial charge on any atom is -0.338 e. The minimum atomic E-state index is -3.72. The van der Waals surface area contributed by atoms with Crippen molar-refractivity contribution < 1.29 is 55.3 Å². The van der Waals surface area contributed by atoms with E-state index in [1.54, 1.807) is 29.2 Å². The van der Waals surface area contributed by atoms with E-state index < -0.39 is 59.0 Å². The average Bonchev–Trinajstić information content (AvgIpc) is 4.11. The summed E-state index contributed by atoms with van der Waals surface area (Å²) >= 11 is 3.59. The lowest BCUT2D eigenvalue weighted by molar-refractivity contribution is 0.199. The molecule has 2 saturated heterocycles. The molecule has 3 aromatic heterocycles. The fraction of sp³-hybridized carbons (Fsp3) is 0.389. The van der Waals surface area contributed by atoms with Crippen LogP contribution < -0.4 is 16.4 Å². The van der Waals surface area contributed by atoms with Crippen LogP contribution in [0.25, 0.3) is 0 Å². The maximum atomic E-state index is 12.8. The van der Waals surface area contributed by atoms with Crippen LogP contribution in [0.4, 0.5) is 4.79 Å². The number of benzene rings is 3. The Morgan fingerprint density at radius 1 is 0.512 bits per heavy atom. The SMILES string of the molecule is C=CS(=O)(=O)c1ccc(S(=O)(=O)c2ccc(CC)s2)cc1.CCNC(=O)N1CCCN(CCS(=O)(=O)c2ccc(S(=O)(=O)c3ccc(CN)s3)cc2)CC1.CCc1ccc(S(=O)(=O)c2ccc(S(=O)(=O)CCN3CCCNCC3)cc2)s1. The Morgan fingerprint density at radius 3 is 1.32 bits per heavy atom. The van der Waals surface area contributed by atoms with Crippen LogP contribution in [-0.4, -0.2) is 155 Å². The summed E-state index contributed by atoms with van der Waals surface area (Å²) in [5.41, 5.74) is 5.56. The monoisotopic (exact) mass is 1300 g/mol. The molecule has 5 heterocycles. The van der Waals surface area contributed by atoms with Crippen LogP contribution in [0.1, 0.15) is 48.2 Å². The first-order chi connectivity index (χ1) is 38.8. The molecule has 0 saturated carbocycles. The van der Waals surface area contributed by atoms with Gasteiger partial charge in [-0.25, -0.2) is 55.3 Å². The second-order valence-electron chi connectivity index (χ2n) is 18.8. The van der Waals surface area contributed by atoms with Gasteiger partial charge < -0.3 is 31.1 Å². The summed E-state index contributed by atoms with van der Waals surface area (Å²) in [6.45, 7) is 16.8. The van der Waals surface area contributed by atoms with Crippen LogP contribution in [0.15, 0.2) is 163 Å². The molecular weight excluding hydrogens is 1230 g/mol. The van der Waals surface area contributed by atoms with Crippen LogP contribution in [0, 0.1) is 0 Å². The van der Waals surface area contributed by atoms with Crippen molar-refractivity contribution in [3.8, 4) is 0 Å². The van der Waals surface area contributed by atoms with E-state index >= 15 is 0 Å². The number of sulfone groups is 6. The number of carbonyl (C=O) groups is 1. The van der Waals surface area contributed by atoms with Gasteiger partial charge in [-0.1, -0.05) is 20.4 Å². The third kappa shape index (κ3) is 17.5. The molecule has 0 spiro atoms. The normalized spacial score (nSPS) is 15.2. The lowest BCUT2D eigenvalue weighted by atomic mass is 10.4. The van der Waals surface area contributed by atoms with Gasteiger partial charge >= 0.3 is 6.03 Å². The number of carbonyl (C=O) groups excluding carboxylic acids is 1. The van der Waals surface area contributed by atoms with Gasteiger partial charge in [-0.2, -0.15) is 0 Å². The number of thiophene rings is 3. The van der Waals surface area contributed by atoms with Crippen LogP contribution >= 0.6 is 34.0 Å². The molecule has 2 aliphatic heterocycles. The Labute approximate surface area is 495 Å². The standard InChI is InChI=1S/C21H30N4O5S3.C19H26N2O4S3.C14H14O4S3/c1-2-23-21(26)25-11-3-10-24(12-13-25)14-15-32(27,28)18-5-7-19(8-6-18)33(29,30)20-9-4-17(16-22)31-20;1-2-16-4-9-19(26-16)28(24,25)18-7-5-17(6-8-18)27(22,23)15-14-21-12-3-10-20-11-13-21;1-3-11-5-10-14(19-11)21(17,18)13-8-6-12(7-9-13)20(15,16)4-2/h4-9H,2-3,10-16,22H2,1H3,(H,23,26);4-9,20H,2-3,10-15H2,1H3;4-10H,2-3H2,1H3. The first kappa shape index (κ1) is 66.4. The summed E-state index contributed by atoms with van der Waals surface area (Å²) in [7, 11) is -21.5. The quantitative estimate of drug-likeness (QED) is 0.0706. The molecule has 3 aromatic carbocycles. The van der Waals surface area contributed by atoms with Crippen molar-refractivity contribution in [2.24, 2.45) is 5.73 Å². The molecule has 2 aliphatic rings. The van der Waals surface area contributed by atoms with Crippen LogP contribution in [0.5, 0.6) is 0 Å². The molecule has 8 rings (SSSR count). The molecule has 4 N–H and O–H groups in total. The van der Waals surface area contributed by atoms with Crippen molar-refractivity contribution in [3.63, 3.8) is 0 Å². The highest BCUT2D eigenvalue weighted by Gasteiger charge is 2.26. The van der Waals surface area contributed by atoms with Gasteiger partial charge in [-0.05, 0) is 161 Å². The second-order valence-corrected chi connectivity index (χ2v) is 35.0. The first-order valence-corrected chi connectivity index (χ1v) is 38.1. The molecule has 28 heteroatoms. The van der Waals surface area contributed by atoms with Crippen LogP contribution in [0.3, 0.4) is 0 Å². The van der Waals surface area contributed by atoms with E-state index in [0.29, 0.717) is 45.8 Å². The predicted molar refractivity (Wildman–Crippen MR) is 322 cm³/mol. The van der Waals surface area contributed by atoms with Crippen molar-refractivity contribution >= 4 is 99.1 Å². The smallest absolute Gasteiger partial charge is 0.317 e. The zero-order chi connectivity index (χ0) is 59.9. The summed E-state index contributed by atoms with van der Waals surface area (Å²) in [6.07, 6.45) is 3.34. The molecule has 0 bridgehead atoms. The lowest BCUT2D eigenvalue weighted by Crippen LogP contribution is -2.42. The van der Waals surface area contributed by atoms with E-state index in [1.165, 1.54) is 102 Å². The molecule has 448 valence electrons. The highest BCUT2D eigenvalue weighted by Crippen LogP contribution is 2.32. The zero-order valence-corrected chi connectivity index (χ0v) is 53.2. The molecule has 0 atom stereocenters. The fourth-order valence-electron chi connectivity index (χ4n) is 8.42. The summed E-state index contributed by atoms with van der Waals surface area (Å²) in [5, 5.41) is 6.92. The van der Waals surface area contributed by atoms with E-state index in [-0.39, 0.29) is 66.1 Å². The molecular formula is C54H70N6O13S9.